The van der Waals surface area contributed by atoms with E-state index in [1.807, 2.05) is 0 Å². The number of aromatic nitrogens is 2. The number of aldehydes is 1. The Balaban J connectivity index is 2.55. The number of hydrogen-bond donors (Lipinski definition) is 0. The molecule has 4 nitrogen and oxygen atoms in total. The van der Waals surface area contributed by atoms with Gasteiger partial charge >= 0.3 is 0 Å². The van der Waals surface area contributed by atoms with Gasteiger partial charge in [-0.1, -0.05) is 11.6 Å². The lowest BCUT2D eigenvalue weighted by molar-refractivity contribution is 0.112. The summed E-state index contributed by atoms with van der Waals surface area (Å²) in [7, 11) is 1.74. The van der Waals surface area contributed by atoms with Gasteiger partial charge < -0.3 is 4.42 Å². The molecule has 0 amide bonds. The molecule has 0 aliphatic carbocycles. The van der Waals surface area contributed by atoms with Crippen LogP contribution >= 0.6 is 11.6 Å². The molecule has 0 atom stereocenters. The SMILES string of the molecule is Cn1cc(C=O)c(-c2cc(Cl)co2)n1. The third kappa shape index (κ3) is 1.44. The van der Waals surface area contributed by atoms with E-state index < -0.39 is 0 Å². The molecule has 0 saturated heterocycles. The van der Waals surface area contributed by atoms with E-state index >= 15 is 0 Å². The van der Waals surface area contributed by atoms with Crippen molar-refractivity contribution in [3.8, 4) is 11.5 Å². The quantitative estimate of drug-likeness (QED) is 0.714. The Hall–Kier alpha value is -1.55. The molecule has 0 N–H and O–H groups in total. The minimum absolute atomic E-state index is 0.485. The van der Waals surface area contributed by atoms with Crippen molar-refractivity contribution in [3.05, 3.63) is 29.1 Å². The first-order valence-electron chi connectivity index (χ1n) is 3.94. The molecule has 0 unspecified atom stereocenters. The zero-order valence-electron chi connectivity index (χ0n) is 7.40. The van der Waals surface area contributed by atoms with E-state index in [-0.39, 0.29) is 0 Å². The van der Waals surface area contributed by atoms with Crippen molar-refractivity contribution < 1.29 is 9.21 Å². The average molecular weight is 211 g/mol. The number of rotatable bonds is 2. The Kier molecular flexibility index (Phi) is 2.13. The Bertz CT molecular complexity index is 473. The van der Waals surface area contributed by atoms with Crippen LogP contribution in [0, 0.1) is 0 Å². The fraction of sp³-hybridized carbons (Fsp3) is 0.111. The molecule has 2 heterocycles. The lowest BCUT2D eigenvalue weighted by Gasteiger charge is -1.89. The van der Waals surface area contributed by atoms with Gasteiger partial charge in [-0.2, -0.15) is 5.10 Å². The van der Waals surface area contributed by atoms with E-state index in [0.717, 1.165) is 6.29 Å². The van der Waals surface area contributed by atoms with Crippen LogP contribution in [0.15, 0.2) is 22.9 Å². The monoisotopic (exact) mass is 210 g/mol. The van der Waals surface area contributed by atoms with Crippen molar-refractivity contribution >= 4 is 17.9 Å². The van der Waals surface area contributed by atoms with Crippen molar-refractivity contribution in [1.29, 1.82) is 0 Å². The summed E-state index contributed by atoms with van der Waals surface area (Å²) < 4.78 is 6.69. The molecule has 0 saturated carbocycles. The smallest absolute Gasteiger partial charge is 0.156 e. The van der Waals surface area contributed by atoms with Gasteiger partial charge in [0.25, 0.3) is 0 Å². The minimum Gasteiger partial charge on any atom is -0.461 e. The second-order valence-electron chi connectivity index (χ2n) is 2.85. The molecule has 0 aromatic carbocycles. The normalized spacial score (nSPS) is 10.4. The van der Waals surface area contributed by atoms with Gasteiger partial charge in [-0.15, -0.1) is 0 Å². The summed E-state index contributed by atoms with van der Waals surface area (Å²) in [5.41, 5.74) is 0.993. The van der Waals surface area contributed by atoms with Crippen LogP contribution in [0.1, 0.15) is 10.4 Å². The van der Waals surface area contributed by atoms with Crippen molar-refractivity contribution in [2.75, 3.05) is 0 Å². The van der Waals surface area contributed by atoms with Crippen LogP contribution in [0.4, 0.5) is 0 Å². The van der Waals surface area contributed by atoms with Gasteiger partial charge in [-0.3, -0.25) is 9.48 Å². The maximum Gasteiger partial charge on any atom is 0.156 e. The van der Waals surface area contributed by atoms with Crippen molar-refractivity contribution in [3.63, 3.8) is 0 Å². The molecule has 0 aliphatic rings. The van der Waals surface area contributed by atoms with Crippen LogP contribution in [0.2, 0.25) is 5.02 Å². The predicted molar refractivity (Wildman–Crippen MR) is 51.3 cm³/mol. The largest absolute Gasteiger partial charge is 0.461 e. The van der Waals surface area contributed by atoms with Gasteiger partial charge in [-0.05, 0) is 0 Å². The highest BCUT2D eigenvalue weighted by Gasteiger charge is 2.12. The second-order valence-corrected chi connectivity index (χ2v) is 3.29. The average Bonchev–Trinajstić information content (AvgIpc) is 2.71. The summed E-state index contributed by atoms with van der Waals surface area (Å²) in [4.78, 5) is 10.7. The van der Waals surface area contributed by atoms with E-state index in [1.165, 1.54) is 6.26 Å². The molecular formula is C9H7ClN2O2. The van der Waals surface area contributed by atoms with Gasteiger partial charge in [0.05, 0.1) is 10.6 Å². The lowest BCUT2D eigenvalue weighted by atomic mass is 10.2. The zero-order chi connectivity index (χ0) is 10.1. The number of nitrogens with zero attached hydrogens (tertiary/aromatic N) is 2. The zero-order valence-corrected chi connectivity index (χ0v) is 8.15. The topological polar surface area (TPSA) is 48.0 Å². The summed E-state index contributed by atoms with van der Waals surface area (Å²) in [6.45, 7) is 0. The highest BCUT2D eigenvalue weighted by atomic mass is 35.5. The van der Waals surface area contributed by atoms with Gasteiger partial charge in [0.1, 0.15) is 12.0 Å². The van der Waals surface area contributed by atoms with Crippen molar-refractivity contribution in [2.45, 2.75) is 0 Å². The first kappa shape index (κ1) is 9.02. The minimum atomic E-state index is 0.485. The van der Waals surface area contributed by atoms with Crippen LogP contribution in [0.3, 0.4) is 0 Å². The molecule has 72 valence electrons. The summed E-state index contributed by atoms with van der Waals surface area (Å²) in [6, 6.07) is 1.62. The summed E-state index contributed by atoms with van der Waals surface area (Å²) in [5.74, 6) is 0.498. The molecule has 2 rings (SSSR count). The molecule has 0 fully saturated rings. The van der Waals surface area contributed by atoms with E-state index in [1.54, 1.807) is 24.0 Å². The first-order valence-corrected chi connectivity index (χ1v) is 4.31. The van der Waals surface area contributed by atoms with Gasteiger partial charge in [0.2, 0.25) is 0 Å². The lowest BCUT2D eigenvalue weighted by Crippen LogP contribution is -1.86. The predicted octanol–water partition coefficient (Wildman–Crippen LogP) is 2.15. The molecule has 14 heavy (non-hydrogen) atoms. The second kappa shape index (κ2) is 3.31. The highest BCUT2D eigenvalue weighted by molar-refractivity contribution is 6.30. The van der Waals surface area contributed by atoms with Gasteiger partial charge in [0.15, 0.2) is 12.0 Å². The van der Waals surface area contributed by atoms with Crippen molar-refractivity contribution in [2.24, 2.45) is 7.05 Å². The number of halogens is 1. The number of carbonyl (C=O) groups excluding carboxylic acids is 1. The van der Waals surface area contributed by atoms with E-state index in [2.05, 4.69) is 5.10 Å². The van der Waals surface area contributed by atoms with Crippen LogP contribution in [0.25, 0.3) is 11.5 Å². The van der Waals surface area contributed by atoms with Crippen LogP contribution < -0.4 is 0 Å². The van der Waals surface area contributed by atoms with E-state index in [0.29, 0.717) is 22.0 Å². The molecular weight excluding hydrogens is 204 g/mol. The van der Waals surface area contributed by atoms with Gasteiger partial charge in [0, 0.05) is 19.3 Å². The number of hydrogen-bond acceptors (Lipinski definition) is 3. The maximum atomic E-state index is 10.7. The fourth-order valence-corrected chi connectivity index (χ4v) is 1.37. The fourth-order valence-electron chi connectivity index (χ4n) is 1.22. The molecule has 0 radical (unpaired) electrons. The van der Waals surface area contributed by atoms with Gasteiger partial charge in [-0.25, -0.2) is 0 Å². The molecule has 2 aromatic rings. The van der Waals surface area contributed by atoms with Crippen molar-refractivity contribution in [1.82, 2.24) is 9.78 Å². The number of aryl methyl sites for hydroxylation is 1. The molecule has 0 aliphatic heterocycles. The maximum absolute atomic E-state index is 10.7. The molecule has 5 heteroatoms. The van der Waals surface area contributed by atoms with Crippen LogP contribution in [-0.4, -0.2) is 16.1 Å². The first-order chi connectivity index (χ1) is 6.70. The Morgan fingerprint density at radius 1 is 1.64 bits per heavy atom. The number of carbonyl (C=O) groups is 1. The third-order valence-electron chi connectivity index (χ3n) is 1.78. The summed E-state index contributed by atoms with van der Waals surface area (Å²) >= 11 is 5.70. The summed E-state index contributed by atoms with van der Waals surface area (Å²) in [6.07, 6.45) is 3.76. The third-order valence-corrected chi connectivity index (χ3v) is 1.98. The molecule has 0 spiro atoms. The molecule has 2 aromatic heterocycles. The standard InChI is InChI=1S/C9H7ClN2O2/c1-12-3-6(4-13)9(11-12)8-2-7(10)5-14-8/h2-5H,1H3. The van der Waals surface area contributed by atoms with E-state index in [4.69, 9.17) is 16.0 Å². The molecule has 0 bridgehead atoms. The van der Waals surface area contributed by atoms with Crippen LogP contribution in [0.5, 0.6) is 0 Å². The Morgan fingerprint density at radius 3 is 3.00 bits per heavy atom. The van der Waals surface area contributed by atoms with E-state index in [9.17, 15) is 4.79 Å². The van der Waals surface area contributed by atoms with Crippen LogP contribution in [-0.2, 0) is 7.05 Å². The summed E-state index contributed by atoms with van der Waals surface area (Å²) in [5, 5.41) is 4.59. The number of furan rings is 1. The Labute approximate surface area is 85.1 Å². The highest BCUT2D eigenvalue weighted by Crippen LogP contribution is 2.25. The Morgan fingerprint density at radius 2 is 2.43 bits per heavy atom.